The van der Waals surface area contributed by atoms with E-state index in [4.69, 9.17) is 9.47 Å². The summed E-state index contributed by atoms with van der Waals surface area (Å²) in [5, 5.41) is 11.0. The van der Waals surface area contributed by atoms with Crippen molar-refractivity contribution in [3.05, 3.63) is 33.9 Å². The summed E-state index contributed by atoms with van der Waals surface area (Å²) in [4.78, 5) is 12.9. The van der Waals surface area contributed by atoms with Gasteiger partial charge in [0, 0.05) is 50.2 Å². The lowest BCUT2D eigenvalue weighted by Gasteiger charge is -2.36. The molecule has 6 nitrogen and oxygen atoms in total. The van der Waals surface area contributed by atoms with E-state index in [2.05, 4.69) is 4.90 Å². The predicted molar refractivity (Wildman–Crippen MR) is 87.7 cm³/mol. The number of anilines is 1. The van der Waals surface area contributed by atoms with E-state index in [9.17, 15) is 10.1 Å². The zero-order chi connectivity index (χ0) is 16.2. The molecule has 2 heterocycles. The molecule has 1 aromatic rings. The van der Waals surface area contributed by atoms with Gasteiger partial charge in [-0.05, 0) is 37.7 Å². The fraction of sp³-hybridized carbons (Fsp3) is 0.647. The van der Waals surface area contributed by atoms with Gasteiger partial charge in [-0.25, -0.2) is 0 Å². The Bertz CT molecular complexity index is 550. The first-order chi connectivity index (χ1) is 11.2. The summed E-state index contributed by atoms with van der Waals surface area (Å²) in [5.74, 6) is 0.651. The van der Waals surface area contributed by atoms with Gasteiger partial charge in [0.25, 0.3) is 5.69 Å². The summed E-state index contributed by atoms with van der Waals surface area (Å²) in [7, 11) is 1.62. The highest BCUT2D eigenvalue weighted by atomic mass is 16.6. The molecule has 23 heavy (non-hydrogen) atoms. The van der Waals surface area contributed by atoms with Gasteiger partial charge in [0.2, 0.25) is 0 Å². The first-order valence-electron chi connectivity index (χ1n) is 8.32. The number of benzene rings is 1. The Kier molecular flexibility index (Phi) is 5.13. The number of hydrogen-bond acceptors (Lipinski definition) is 5. The fourth-order valence-electron chi connectivity index (χ4n) is 3.75. The largest absolute Gasteiger partial charge is 0.380 e. The van der Waals surface area contributed by atoms with E-state index in [0.717, 1.165) is 43.8 Å². The molecule has 126 valence electrons. The van der Waals surface area contributed by atoms with Crippen LogP contribution in [0.4, 0.5) is 11.4 Å². The molecular formula is C17H24N2O4. The Morgan fingerprint density at radius 2 is 2.13 bits per heavy atom. The minimum atomic E-state index is -0.355. The number of ether oxygens (including phenoxy) is 2. The molecule has 2 aliphatic heterocycles. The number of piperidine rings is 1. The van der Waals surface area contributed by atoms with Crippen LogP contribution in [0.25, 0.3) is 0 Å². The zero-order valence-corrected chi connectivity index (χ0v) is 13.6. The number of nitro groups is 1. The zero-order valence-electron chi connectivity index (χ0n) is 13.6. The van der Waals surface area contributed by atoms with Crippen molar-refractivity contribution < 1.29 is 14.4 Å². The van der Waals surface area contributed by atoms with Crippen LogP contribution in [0.3, 0.4) is 0 Å². The predicted octanol–water partition coefficient (Wildman–Crippen LogP) is 3.14. The number of nitro benzene ring substituents is 1. The molecule has 0 aliphatic carbocycles. The molecule has 3 rings (SSSR count). The second kappa shape index (κ2) is 7.27. The lowest BCUT2D eigenvalue weighted by atomic mass is 9.89. The lowest BCUT2D eigenvalue weighted by Crippen LogP contribution is -2.38. The lowest BCUT2D eigenvalue weighted by molar-refractivity contribution is -0.384. The average molecular weight is 320 g/mol. The van der Waals surface area contributed by atoms with Crippen LogP contribution in [0.2, 0.25) is 0 Å². The van der Waals surface area contributed by atoms with E-state index in [1.54, 1.807) is 19.2 Å². The van der Waals surface area contributed by atoms with Crippen molar-refractivity contribution in [2.24, 2.45) is 5.92 Å². The molecule has 0 radical (unpaired) electrons. The standard InChI is InChI=1S/C17H24N2O4/c1-22-12-14-11-15(19(20)21)4-5-16(14)18-8-6-13(7-9-18)17-3-2-10-23-17/h4-5,11,13,17H,2-3,6-10,12H2,1H3. The van der Waals surface area contributed by atoms with Crippen LogP contribution < -0.4 is 4.90 Å². The molecule has 2 aliphatic rings. The van der Waals surface area contributed by atoms with E-state index in [0.29, 0.717) is 18.6 Å². The highest BCUT2D eigenvalue weighted by molar-refractivity contribution is 5.58. The first kappa shape index (κ1) is 16.2. The Labute approximate surface area is 136 Å². The minimum Gasteiger partial charge on any atom is -0.380 e. The maximum atomic E-state index is 11.0. The minimum absolute atomic E-state index is 0.120. The molecule has 2 saturated heterocycles. The Balaban J connectivity index is 1.70. The summed E-state index contributed by atoms with van der Waals surface area (Å²) in [6.07, 6.45) is 5.05. The van der Waals surface area contributed by atoms with Crippen LogP contribution in [0.1, 0.15) is 31.2 Å². The van der Waals surface area contributed by atoms with Gasteiger partial charge >= 0.3 is 0 Å². The summed E-state index contributed by atoms with van der Waals surface area (Å²) in [6, 6.07) is 5.07. The van der Waals surface area contributed by atoms with Crippen molar-refractivity contribution in [2.75, 3.05) is 31.7 Å². The summed E-state index contributed by atoms with van der Waals surface area (Å²) < 4.78 is 11.1. The van der Waals surface area contributed by atoms with Crippen LogP contribution in [-0.4, -0.2) is 37.8 Å². The normalized spacial score (nSPS) is 22.5. The van der Waals surface area contributed by atoms with Crippen molar-refractivity contribution in [3.63, 3.8) is 0 Å². The van der Waals surface area contributed by atoms with E-state index in [1.807, 2.05) is 6.07 Å². The van der Waals surface area contributed by atoms with Gasteiger partial charge in [0.15, 0.2) is 0 Å². The number of hydrogen-bond donors (Lipinski definition) is 0. The van der Waals surface area contributed by atoms with Crippen LogP contribution in [-0.2, 0) is 16.1 Å². The molecule has 0 spiro atoms. The van der Waals surface area contributed by atoms with E-state index in [-0.39, 0.29) is 10.6 Å². The average Bonchev–Trinajstić information content (AvgIpc) is 3.10. The smallest absolute Gasteiger partial charge is 0.269 e. The van der Waals surface area contributed by atoms with E-state index < -0.39 is 0 Å². The van der Waals surface area contributed by atoms with Crippen LogP contribution in [0.15, 0.2) is 18.2 Å². The summed E-state index contributed by atoms with van der Waals surface area (Å²) in [6.45, 7) is 3.24. The van der Waals surface area contributed by atoms with Gasteiger partial charge in [0.1, 0.15) is 0 Å². The third-order valence-electron chi connectivity index (χ3n) is 4.94. The highest BCUT2D eigenvalue weighted by Gasteiger charge is 2.30. The second-order valence-corrected chi connectivity index (χ2v) is 6.38. The van der Waals surface area contributed by atoms with Gasteiger partial charge in [-0.1, -0.05) is 0 Å². The van der Waals surface area contributed by atoms with Crippen LogP contribution in [0.5, 0.6) is 0 Å². The van der Waals surface area contributed by atoms with Crippen LogP contribution >= 0.6 is 0 Å². The first-order valence-corrected chi connectivity index (χ1v) is 8.32. The van der Waals surface area contributed by atoms with Crippen molar-refractivity contribution in [2.45, 2.75) is 38.4 Å². The third-order valence-corrected chi connectivity index (χ3v) is 4.94. The number of non-ortho nitro benzene ring substituents is 1. The topological polar surface area (TPSA) is 64.8 Å². The van der Waals surface area contributed by atoms with Crippen molar-refractivity contribution >= 4 is 11.4 Å². The van der Waals surface area contributed by atoms with Gasteiger partial charge in [-0.3, -0.25) is 10.1 Å². The van der Waals surface area contributed by atoms with Crippen molar-refractivity contribution in [1.29, 1.82) is 0 Å². The Morgan fingerprint density at radius 1 is 1.35 bits per heavy atom. The SMILES string of the molecule is COCc1cc([N+](=O)[O-])ccc1N1CCC(C2CCCO2)CC1. The molecule has 0 bridgehead atoms. The quantitative estimate of drug-likeness (QED) is 0.616. The highest BCUT2D eigenvalue weighted by Crippen LogP contribution is 2.33. The summed E-state index contributed by atoms with van der Waals surface area (Å²) in [5.41, 5.74) is 2.07. The molecule has 1 unspecified atom stereocenters. The summed E-state index contributed by atoms with van der Waals surface area (Å²) >= 11 is 0. The number of nitrogens with zero attached hydrogens (tertiary/aromatic N) is 2. The van der Waals surface area contributed by atoms with Crippen molar-refractivity contribution in [1.82, 2.24) is 0 Å². The number of methoxy groups -OCH3 is 1. The maximum absolute atomic E-state index is 11.0. The van der Waals surface area contributed by atoms with Gasteiger partial charge in [0.05, 0.1) is 17.6 Å². The fourth-order valence-corrected chi connectivity index (χ4v) is 3.75. The van der Waals surface area contributed by atoms with Crippen molar-refractivity contribution in [3.8, 4) is 0 Å². The second-order valence-electron chi connectivity index (χ2n) is 6.38. The molecule has 0 N–H and O–H groups in total. The molecular weight excluding hydrogens is 296 g/mol. The van der Waals surface area contributed by atoms with Gasteiger partial charge in [-0.15, -0.1) is 0 Å². The Hall–Kier alpha value is -1.66. The van der Waals surface area contributed by atoms with Crippen LogP contribution in [0, 0.1) is 16.0 Å². The molecule has 2 fully saturated rings. The monoisotopic (exact) mass is 320 g/mol. The molecule has 1 atom stereocenters. The van der Waals surface area contributed by atoms with E-state index >= 15 is 0 Å². The van der Waals surface area contributed by atoms with E-state index in [1.165, 1.54) is 12.8 Å². The molecule has 0 aromatic heterocycles. The molecule has 0 saturated carbocycles. The Morgan fingerprint density at radius 3 is 2.74 bits per heavy atom. The molecule has 6 heteroatoms. The van der Waals surface area contributed by atoms with Gasteiger partial charge in [-0.2, -0.15) is 0 Å². The number of rotatable bonds is 5. The molecule has 1 aromatic carbocycles. The molecule has 0 amide bonds. The third kappa shape index (κ3) is 3.64. The van der Waals surface area contributed by atoms with Gasteiger partial charge < -0.3 is 14.4 Å². The maximum Gasteiger partial charge on any atom is 0.269 e.